The predicted octanol–water partition coefficient (Wildman–Crippen LogP) is 3.88. The van der Waals surface area contributed by atoms with E-state index in [4.69, 9.17) is 0 Å². The SMILES string of the molecule is Cc1ccc(-c2cc(C)c3c(c2C)CNC3)cc1. The molecule has 1 nitrogen and oxygen atoms in total. The van der Waals surface area contributed by atoms with Gasteiger partial charge in [-0.1, -0.05) is 35.9 Å². The molecule has 3 rings (SSSR count). The Hall–Kier alpha value is -1.60. The third-order valence-corrected chi connectivity index (χ3v) is 4.02. The number of benzene rings is 2. The molecule has 0 spiro atoms. The van der Waals surface area contributed by atoms with Crippen LogP contribution in [0.1, 0.15) is 27.8 Å². The topological polar surface area (TPSA) is 12.0 Å². The van der Waals surface area contributed by atoms with Crippen LogP contribution in [0.15, 0.2) is 30.3 Å². The van der Waals surface area contributed by atoms with Gasteiger partial charge in [0.25, 0.3) is 0 Å². The van der Waals surface area contributed by atoms with Crippen LogP contribution in [0.4, 0.5) is 0 Å². The summed E-state index contributed by atoms with van der Waals surface area (Å²) in [4.78, 5) is 0. The minimum Gasteiger partial charge on any atom is -0.309 e. The van der Waals surface area contributed by atoms with Gasteiger partial charge < -0.3 is 5.32 Å². The molecule has 0 saturated carbocycles. The molecular formula is C17H19N. The normalized spacial score (nSPS) is 13.7. The van der Waals surface area contributed by atoms with Crippen LogP contribution < -0.4 is 5.32 Å². The van der Waals surface area contributed by atoms with E-state index in [9.17, 15) is 0 Å². The monoisotopic (exact) mass is 237 g/mol. The number of aryl methyl sites for hydroxylation is 2. The molecule has 0 amide bonds. The van der Waals surface area contributed by atoms with Gasteiger partial charge in [0, 0.05) is 13.1 Å². The van der Waals surface area contributed by atoms with Crippen molar-refractivity contribution in [3.05, 3.63) is 58.1 Å². The highest BCUT2D eigenvalue weighted by Crippen LogP contribution is 2.32. The second-order valence-electron chi connectivity index (χ2n) is 5.29. The first kappa shape index (κ1) is 11.5. The summed E-state index contributed by atoms with van der Waals surface area (Å²) in [5, 5.41) is 3.46. The van der Waals surface area contributed by atoms with Crippen LogP contribution in [-0.2, 0) is 13.1 Å². The van der Waals surface area contributed by atoms with E-state index in [-0.39, 0.29) is 0 Å². The Morgan fingerprint density at radius 2 is 1.56 bits per heavy atom. The van der Waals surface area contributed by atoms with E-state index in [0.29, 0.717) is 0 Å². The summed E-state index contributed by atoms with van der Waals surface area (Å²) in [6, 6.07) is 11.2. The second kappa shape index (κ2) is 4.25. The number of nitrogens with one attached hydrogen (secondary N) is 1. The van der Waals surface area contributed by atoms with Crippen molar-refractivity contribution >= 4 is 0 Å². The molecule has 1 aliphatic rings. The maximum Gasteiger partial charge on any atom is 0.0214 e. The second-order valence-corrected chi connectivity index (χ2v) is 5.29. The smallest absolute Gasteiger partial charge is 0.0214 e. The highest BCUT2D eigenvalue weighted by Gasteiger charge is 2.17. The molecular weight excluding hydrogens is 218 g/mol. The Morgan fingerprint density at radius 1 is 0.889 bits per heavy atom. The zero-order chi connectivity index (χ0) is 12.7. The fourth-order valence-electron chi connectivity index (χ4n) is 2.87. The number of hydrogen-bond acceptors (Lipinski definition) is 1. The van der Waals surface area contributed by atoms with E-state index in [1.54, 1.807) is 0 Å². The molecule has 0 aliphatic carbocycles. The summed E-state index contributed by atoms with van der Waals surface area (Å²) in [5.41, 5.74) is 9.89. The van der Waals surface area contributed by atoms with Crippen molar-refractivity contribution in [1.29, 1.82) is 0 Å². The van der Waals surface area contributed by atoms with Crippen LogP contribution in [0.25, 0.3) is 11.1 Å². The van der Waals surface area contributed by atoms with Crippen molar-refractivity contribution in [2.45, 2.75) is 33.9 Å². The lowest BCUT2D eigenvalue weighted by Crippen LogP contribution is -2.00. The Morgan fingerprint density at radius 3 is 2.28 bits per heavy atom. The van der Waals surface area contributed by atoms with E-state index in [2.05, 4.69) is 56.4 Å². The predicted molar refractivity (Wildman–Crippen MR) is 76.6 cm³/mol. The quantitative estimate of drug-likeness (QED) is 0.793. The fourth-order valence-corrected chi connectivity index (χ4v) is 2.87. The van der Waals surface area contributed by atoms with E-state index in [0.717, 1.165) is 13.1 Å². The third kappa shape index (κ3) is 1.75. The van der Waals surface area contributed by atoms with Gasteiger partial charge in [0.2, 0.25) is 0 Å². The third-order valence-electron chi connectivity index (χ3n) is 4.02. The molecule has 0 aromatic heterocycles. The molecule has 1 heteroatoms. The van der Waals surface area contributed by atoms with Crippen LogP contribution in [0.2, 0.25) is 0 Å². The van der Waals surface area contributed by atoms with Crippen LogP contribution >= 0.6 is 0 Å². The molecule has 18 heavy (non-hydrogen) atoms. The molecule has 1 N–H and O–H groups in total. The largest absolute Gasteiger partial charge is 0.309 e. The summed E-state index contributed by atoms with van der Waals surface area (Å²) in [7, 11) is 0. The first-order chi connectivity index (χ1) is 8.66. The molecule has 0 unspecified atom stereocenters. The zero-order valence-corrected chi connectivity index (χ0v) is 11.3. The average Bonchev–Trinajstić information content (AvgIpc) is 2.85. The lowest BCUT2D eigenvalue weighted by molar-refractivity contribution is 0.762. The van der Waals surface area contributed by atoms with Crippen molar-refractivity contribution in [3.8, 4) is 11.1 Å². The maximum absolute atomic E-state index is 3.46. The van der Waals surface area contributed by atoms with Gasteiger partial charge in [-0.05, 0) is 54.2 Å². The van der Waals surface area contributed by atoms with Gasteiger partial charge in [-0.2, -0.15) is 0 Å². The van der Waals surface area contributed by atoms with Gasteiger partial charge in [-0.15, -0.1) is 0 Å². The first-order valence-electron chi connectivity index (χ1n) is 6.56. The molecule has 0 bridgehead atoms. The molecule has 1 aliphatic heterocycles. The lowest BCUT2D eigenvalue weighted by atomic mass is 9.91. The van der Waals surface area contributed by atoms with Gasteiger partial charge in [0.1, 0.15) is 0 Å². The van der Waals surface area contributed by atoms with Crippen molar-refractivity contribution in [2.75, 3.05) is 0 Å². The Balaban J connectivity index is 2.19. The highest BCUT2D eigenvalue weighted by atomic mass is 14.9. The number of hydrogen-bond donors (Lipinski definition) is 1. The fraction of sp³-hybridized carbons (Fsp3) is 0.294. The molecule has 0 fully saturated rings. The van der Waals surface area contributed by atoms with Crippen molar-refractivity contribution in [3.63, 3.8) is 0 Å². The summed E-state index contributed by atoms with van der Waals surface area (Å²) in [5.74, 6) is 0. The molecule has 0 saturated heterocycles. The van der Waals surface area contributed by atoms with Crippen LogP contribution in [-0.4, -0.2) is 0 Å². The summed E-state index contributed by atoms with van der Waals surface area (Å²) in [6.45, 7) is 8.65. The van der Waals surface area contributed by atoms with Gasteiger partial charge >= 0.3 is 0 Å². The van der Waals surface area contributed by atoms with E-state index < -0.39 is 0 Å². The summed E-state index contributed by atoms with van der Waals surface area (Å²) < 4.78 is 0. The Labute approximate surface area is 109 Å². The zero-order valence-electron chi connectivity index (χ0n) is 11.3. The van der Waals surface area contributed by atoms with Gasteiger partial charge in [-0.3, -0.25) is 0 Å². The summed E-state index contributed by atoms with van der Waals surface area (Å²) in [6.07, 6.45) is 0. The van der Waals surface area contributed by atoms with Crippen molar-refractivity contribution in [1.82, 2.24) is 5.32 Å². The molecule has 1 heterocycles. The van der Waals surface area contributed by atoms with E-state index in [1.807, 2.05) is 0 Å². The highest BCUT2D eigenvalue weighted by molar-refractivity contribution is 5.71. The Kier molecular flexibility index (Phi) is 2.71. The van der Waals surface area contributed by atoms with Crippen molar-refractivity contribution in [2.24, 2.45) is 0 Å². The molecule has 0 radical (unpaired) electrons. The minimum absolute atomic E-state index is 1.02. The first-order valence-corrected chi connectivity index (χ1v) is 6.56. The molecule has 2 aromatic carbocycles. The Bertz CT molecular complexity index is 594. The van der Waals surface area contributed by atoms with Crippen LogP contribution in [0.5, 0.6) is 0 Å². The molecule has 0 atom stereocenters. The summed E-state index contributed by atoms with van der Waals surface area (Å²) >= 11 is 0. The molecule has 2 aromatic rings. The molecule has 92 valence electrons. The van der Waals surface area contributed by atoms with Gasteiger partial charge in [-0.25, -0.2) is 0 Å². The standard InChI is InChI=1S/C17H19N/c1-11-4-6-14(7-5-11)15-8-12(2)16-9-18-10-17(16)13(15)3/h4-8,18H,9-10H2,1-3H3. The van der Waals surface area contributed by atoms with E-state index >= 15 is 0 Å². The van der Waals surface area contributed by atoms with Crippen LogP contribution in [0, 0.1) is 20.8 Å². The minimum atomic E-state index is 1.02. The number of fused-ring (bicyclic) bond motifs is 1. The number of rotatable bonds is 1. The van der Waals surface area contributed by atoms with Gasteiger partial charge in [0.05, 0.1) is 0 Å². The van der Waals surface area contributed by atoms with Crippen LogP contribution in [0.3, 0.4) is 0 Å². The van der Waals surface area contributed by atoms with Gasteiger partial charge in [0.15, 0.2) is 0 Å². The average molecular weight is 237 g/mol. The van der Waals surface area contributed by atoms with Crippen molar-refractivity contribution < 1.29 is 0 Å². The van der Waals surface area contributed by atoms with E-state index in [1.165, 1.54) is 38.9 Å². The lowest BCUT2D eigenvalue weighted by Gasteiger charge is -2.13. The maximum atomic E-state index is 3.46.